The van der Waals surface area contributed by atoms with Gasteiger partial charge in [-0.2, -0.15) is 0 Å². The van der Waals surface area contributed by atoms with Gasteiger partial charge in [0.1, 0.15) is 17.4 Å². The van der Waals surface area contributed by atoms with Crippen LogP contribution in [0.15, 0.2) is 63.8 Å². The molecule has 2 unspecified atom stereocenters. The second kappa shape index (κ2) is 9.78. The Labute approximate surface area is 182 Å². The zero-order chi connectivity index (χ0) is 23.3. The van der Waals surface area contributed by atoms with E-state index in [0.29, 0.717) is 10.9 Å². The minimum atomic E-state index is -1.35. The van der Waals surface area contributed by atoms with Crippen molar-refractivity contribution in [1.82, 2.24) is 5.32 Å². The van der Waals surface area contributed by atoms with Crippen molar-refractivity contribution < 1.29 is 33.8 Å². The van der Waals surface area contributed by atoms with Gasteiger partial charge in [-0.25, -0.2) is 9.59 Å². The quantitative estimate of drug-likeness (QED) is 0.432. The molecular weight excluding hydrogens is 418 g/mol. The van der Waals surface area contributed by atoms with E-state index in [-0.39, 0.29) is 17.8 Å². The van der Waals surface area contributed by atoms with Gasteiger partial charge < -0.3 is 24.7 Å². The first-order valence-corrected chi connectivity index (χ1v) is 9.79. The SMILES string of the molecule is CC(Oc1ccc2c(-c3ccccc3)cc(=O)oc2c1)C(=O)NC(CCC(=O)O)C(=O)O. The van der Waals surface area contributed by atoms with Gasteiger partial charge in [-0.3, -0.25) is 9.59 Å². The number of carbonyl (C=O) groups is 3. The molecule has 3 N–H and O–H groups in total. The summed E-state index contributed by atoms with van der Waals surface area (Å²) in [5.74, 6) is -2.98. The predicted octanol–water partition coefficient (Wildman–Crippen LogP) is 2.66. The summed E-state index contributed by atoms with van der Waals surface area (Å²) >= 11 is 0. The Morgan fingerprint density at radius 3 is 2.44 bits per heavy atom. The van der Waals surface area contributed by atoms with Crippen molar-refractivity contribution in [2.24, 2.45) is 0 Å². The molecule has 0 spiro atoms. The molecule has 166 valence electrons. The van der Waals surface area contributed by atoms with Gasteiger partial charge in [0.15, 0.2) is 6.10 Å². The van der Waals surface area contributed by atoms with E-state index in [9.17, 15) is 24.3 Å². The van der Waals surface area contributed by atoms with Crippen molar-refractivity contribution >= 4 is 28.8 Å². The maximum absolute atomic E-state index is 12.3. The molecule has 32 heavy (non-hydrogen) atoms. The molecule has 3 aromatic rings. The molecule has 0 bridgehead atoms. The summed E-state index contributed by atoms with van der Waals surface area (Å²) in [5, 5.41) is 20.8. The van der Waals surface area contributed by atoms with E-state index in [4.69, 9.17) is 14.3 Å². The highest BCUT2D eigenvalue weighted by Gasteiger charge is 2.24. The summed E-state index contributed by atoms with van der Waals surface area (Å²) in [6.45, 7) is 1.42. The van der Waals surface area contributed by atoms with E-state index in [0.717, 1.165) is 5.56 Å². The van der Waals surface area contributed by atoms with Gasteiger partial charge in [0, 0.05) is 23.9 Å². The lowest BCUT2D eigenvalue weighted by molar-refractivity contribution is -0.144. The number of amides is 1. The lowest BCUT2D eigenvalue weighted by atomic mass is 10.0. The highest BCUT2D eigenvalue weighted by Crippen LogP contribution is 2.29. The fourth-order valence-electron chi connectivity index (χ4n) is 3.14. The molecule has 1 heterocycles. The monoisotopic (exact) mass is 439 g/mol. The van der Waals surface area contributed by atoms with Crippen LogP contribution in [0.2, 0.25) is 0 Å². The number of carboxylic acid groups (broad SMARTS) is 2. The van der Waals surface area contributed by atoms with Crippen molar-refractivity contribution in [2.75, 3.05) is 0 Å². The van der Waals surface area contributed by atoms with Crippen LogP contribution in [0.1, 0.15) is 19.8 Å². The third kappa shape index (κ3) is 5.51. The van der Waals surface area contributed by atoms with Crippen LogP contribution in [-0.4, -0.2) is 40.2 Å². The van der Waals surface area contributed by atoms with E-state index in [1.807, 2.05) is 30.3 Å². The van der Waals surface area contributed by atoms with Gasteiger partial charge in [0.05, 0.1) is 0 Å². The smallest absolute Gasteiger partial charge is 0.336 e. The molecule has 2 atom stereocenters. The summed E-state index contributed by atoms with van der Waals surface area (Å²) in [6.07, 6.45) is -1.74. The van der Waals surface area contributed by atoms with Crippen molar-refractivity contribution in [3.63, 3.8) is 0 Å². The first-order chi connectivity index (χ1) is 15.2. The number of nitrogens with one attached hydrogen (secondary N) is 1. The van der Waals surface area contributed by atoms with E-state index >= 15 is 0 Å². The number of rotatable bonds is 9. The number of hydrogen-bond acceptors (Lipinski definition) is 6. The second-order valence-corrected chi connectivity index (χ2v) is 7.10. The van der Waals surface area contributed by atoms with E-state index < -0.39 is 42.0 Å². The fraction of sp³-hybridized carbons (Fsp3) is 0.217. The van der Waals surface area contributed by atoms with Gasteiger partial charge in [0.25, 0.3) is 5.91 Å². The van der Waals surface area contributed by atoms with Crippen LogP contribution in [0, 0.1) is 0 Å². The highest BCUT2D eigenvalue weighted by molar-refractivity contribution is 5.94. The molecule has 1 amide bonds. The van der Waals surface area contributed by atoms with Crippen LogP contribution < -0.4 is 15.7 Å². The van der Waals surface area contributed by atoms with Gasteiger partial charge in [-0.05, 0) is 36.6 Å². The van der Waals surface area contributed by atoms with Gasteiger partial charge in [-0.1, -0.05) is 30.3 Å². The summed E-state index contributed by atoms with van der Waals surface area (Å²) in [7, 11) is 0. The van der Waals surface area contributed by atoms with E-state index in [1.165, 1.54) is 19.1 Å². The van der Waals surface area contributed by atoms with E-state index in [2.05, 4.69) is 5.32 Å². The van der Waals surface area contributed by atoms with Gasteiger partial charge in [-0.15, -0.1) is 0 Å². The number of benzene rings is 2. The second-order valence-electron chi connectivity index (χ2n) is 7.10. The molecule has 9 heteroatoms. The Morgan fingerprint density at radius 1 is 1.06 bits per heavy atom. The summed E-state index contributed by atoms with van der Waals surface area (Å²) in [5.41, 5.74) is 1.26. The van der Waals surface area contributed by atoms with Crippen molar-refractivity contribution in [2.45, 2.75) is 31.9 Å². The minimum absolute atomic E-state index is 0.242. The zero-order valence-electron chi connectivity index (χ0n) is 17.1. The number of hydrogen-bond donors (Lipinski definition) is 3. The molecule has 9 nitrogen and oxygen atoms in total. The average molecular weight is 439 g/mol. The summed E-state index contributed by atoms with van der Waals surface area (Å²) in [6, 6.07) is 14.2. The molecule has 0 saturated heterocycles. The van der Waals surface area contributed by atoms with Crippen LogP contribution >= 0.6 is 0 Å². The van der Waals surface area contributed by atoms with E-state index in [1.54, 1.807) is 12.1 Å². The maximum Gasteiger partial charge on any atom is 0.336 e. The Hall–Kier alpha value is -4.14. The van der Waals surface area contributed by atoms with Crippen LogP contribution in [0.25, 0.3) is 22.1 Å². The normalized spacial score (nSPS) is 12.7. The Kier molecular flexibility index (Phi) is 6.89. The molecular formula is C23H21NO8. The van der Waals surface area contributed by atoms with Crippen molar-refractivity contribution in [3.8, 4) is 16.9 Å². The van der Waals surface area contributed by atoms with Gasteiger partial charge >= 0.3 is 17.6 Å². The Balaban J connectivity index is 1.78. The van der Waals surface area contributed by atoms with Crippen LogP contribution in [0.5, 0.6) is 5.75 Å². The predicted molar refractivity (Wildman–Crippen MR) is 114 cm³/mol. The molecule has 0 aliphatic carbocycles. The highest BCUT2D eigenvalue weighted by atomic mass is 16.5. The van der Waals surface area contributed by atoms with Crippen molar-refractivity contribution in [3.05, 3.63) is 65.0 Å². The average Bonchev–Trinajstić information content (AvgIpc) is 2.75. The number of carboxylic acids is 2. The number of fused-ring (bicyclic) bond motifs is 1. The lowest BCUT2D eigenvalue weighted by Gasteiger charge is -2.18. The van der Waals surface area contributed by atoms with Crippen molar-refractivity contribution in [1.29, 1.82) is 0 Å². The molecule has 1 aromatic heterocycles. The minimum Gasteiger partial charge on any atom is -0.481 e. The van der Waals surface area contributed by atoms with Crippen LogP contribution in [-0.2, 0) is 14.4 Å². The first kappa shape index (κ1) is 22.5. The molecule has 0 saturated carbocycles. The summed E-state index contributed by atoms with van der Waals surface area (Å²) < 4.78 is 10.9. The molecule has 2 aromatic carbocycles. The molecule has 0 fully saturated rings. The molecule has 3 rings (SSSR count). The third-order valence-electron chi connectivity index (χ3n) is 4.74. The number of ether oxygens (including phenoxy) is 1. The number of carbonyl (C=O) groups excluding carboxylic acids is 1. The zero-order valence-corrected chi connectivity index (χ0v) is 17.1. The fourth-order valence-corrected chi connectivity index (χ4v) is 3.14. The maximum atomic E-state index is 12.3. The third-order valence-corrected chi connectivity index (χ3v) is 4.74. The standard InChI is InChI=1S/C23H21NO8/c1-13(22(28)24-18(23(29)30)9-10-20(25)26)31-15-7-8-16-17(14-5-3-2-4-6-14)12-21(27)32-19(16)11-15/h2-8,11-13,18H,9-10H2,1H3,(H,24,28)(H,25,26)(H,29,30). The Bertz CT molecular complexity index is 1200. The van der Waals surface area contributed by atoms with Gasteiger partial charge in [0.2, 0.25) is 0 Å². The molecule has 0 aliphatic heterocycles. The molecule has 0 aliphatic rings. The molecule has 0 radical (unpaired) electrons. The first-order valence-electron chi connectivity index (χ1n) is 9.79. The number of aliphatic carboxylic acids is 2. The topological polar surface area (TPSA) is 143 Å². The summed E-state index contributed by atoms with van der Waals surface area (Å²) in [4.78, 5) is 46.3. The lowest BCUT2D eigenvalue weighted by Crippen LogP contribution is -2.46. The largest absolute Gasteiger partial charge is 0.481 e. The van der Waals surface area contributed by atoms with Crippen LogP contribution in [0.4, 0.5) is 0 Å². The Morgan fingerprint density at radius 2 is 1.78 bits per heavy atom. The van der Waals surface area contributed by atoms with Crippen LogP contribution in [0.3, 0.4) is 0 Å².